The van der Waals surface area contributed by atoms with Gasteiger partial charge >= 0.3 is 6.09 Å². The van der Waals surface area contributed by atoms with Gasteiger partial charge in [0.25, 0.3) is 0 Å². The molecule has 0 unspecified atom stereocenters. The minimum Gasteiger partial charge on any atom is -0.444 e. The Kier molecular flexibility index (Phi) is 10.3. The van der Waals surface area contributed by atoms with E-state index in [1.165, 1.54) is 11.1 Å². The fourth-order valence-corrected chi connectivity index (χ4v) is 2.26. The summed E-state index contributed by atoms with van der Waals surface area (Å²) in [7, 11) is 1.72. The number of alkyl carbamates (subject to hydrolysis) is 1. The van der Waals surface area contributed by atoms with Gasteiger partial charge in [-0.2, -0.15) is 0 Å². The second kappa shape index (κ2) is 12.2. The molecule has 0 aromatic heterocycles. The SMILES string of the molecule is CCCOCc1ccccc1CNC(=NC)NCCNC(=O)OC(C)(C)C. The van der Waals surface area contributed by atoms with Crippen LogP contribution in [0.4, 0.5) is 4.79 Å². The van der Waals surface area contributed by atoms with E-state index in [1.807, 2.05) is 32.9 Å². The van der Waals surface area contributed by atoms with Crippen molar-refractivity contribution < 1.29 is 14.3 Å². The third-order valence-corrected chi connectivity index (χ3v) is 3.48. The van der Waals surface area contributed by atoms with E-state index in [4.69, 9.17) is 9.47 Å². The minimum absolute atomic E-state index is 0.423. The van der Waals surface area contributed by atoms with Gasteiger partial charge in [-0.15, -0.1) is 0 Å². The van der Waals surface area contributed by atoms with Crippen molar-refractivity contribution >= 4 is 12.1 Å². The lowest BCUT2D eigenvalue weighted by Gasteiger charge is -2.20. The predicted octanol–water partition coefficient (Wildman–Crippen LogP) is 2.80. The van der Waals surface area contributed by atoms with Crippen LogP contribution >= 0.6 is 0 Å². The third-order valence-electron chi connectivity index (χ3n) is 3.48. The van der Waals surface area contributed by atoms with Crippen LogP contribution in [0.15, 0.2) is 29.3 Å². The Labute approximate surface area is 162 Å². The lowest BCUT2D eigenvalue weighted by atomic mass is 10.1. The molecule has 0 heterocycles. The van der Waals surface area contributed by atoms with Gasteiger partial charge < -0.3 is 25.4 Å². The number of aliphatic imine (C=N–C) groups is 1. The van der Waals surface area contributed by atoms with Crippen molar-refractivity contribution in [3.63, 3.8) is 0 Å². The monoisotopic (exact) mass is 378 g/mol. The number of rotatable bonds is 9. The van der Waals surface area contributed by atoms with Crippen molar-refractivity contribution in [2.45, 2.75) is 52.9 Å². The van der Waals surface area contributed by atoms with Crippen LogP contribution in [0.1, 0.15) is 45.2 Å². The summed E-state index contributed by atoms with van der Waals surface area (Å²) < 4.78 is 10.8. The van der Waals surface area contributed by atoms with Gasteiger partial charge in [0.15, 0.2) is 5.96 Å². The zero-order valence-corrected chi connectivity index (χ0v) is 17.2. The molecule has 1 aromatic rings. The van der Waals surface area contributed by atoms with Crippen LogP contribution < -0.4 is 16.0 Å². The molecule has 3 N–H and O–H groups in total. The summed E-state index contributed by atoms with van der Waals surface area (Å²) in [5.41, 5.74) is 1.84. The summed E-state index contributed by atoms with van der Waals surface area (Å²) in [6.07, 6.45) is 0.585. The van der Waals surface area contributed by atoms with E-state index in [0.717, 1.165) is 13.0 Å². The minimum atomic E-state index is -0.497. The molecule has 0 radical (unpaired) electrons. The number of ether oxygens (including phenoxy) is 2. The number of hydrogen-bond acceptors (Lipinski definition) is 4. The van der Waals surface area contributed by atoms with Crippen LogP contribution in [-0.2, 0) is 22.6 Å². The van der Waals surface area contributed by atoms with Crippen molar-refractivity contribution in [1.29, 1.82) is 0 Å². The zero-order valence-electron chi connectivity index (χ0n) is 17.2. The number of nitrogens with one attached hydrogen (secondary N) is 3. The highest BCUT2D eigenvalue weighted by Crippen LogP contribution is 2.10. The highest BCUT2D eigenvalue weighted by atomic mass is 16.6. The smallest absolute Gasteiger partial charge is 0.407 e. The molecular formula is C20H34N4O3. The van der Waals surface area contributed by atoms with Crippen molar-refractivity contribution in [3.8, 4) is 0 Å². The maximum atomic E-state index is 11.6. The number of nitrogens with zero attached hydrogens (tertiary/aromatic N) is 1. The van der Waals surface area contributed by atoms with Crippen molar-refractivity contribution in [2.24, 2.45) is 4.99 Å². The number of guanidine groups is 1. The lowest BCUT2D eigenvalue weighted by Crippen LogP contribution is -2.42. The molecule has 0 aliphatic carbocycles. The maximum Gasteiger partial charge on any atom is 0.407 e. The lowest BCUT2D eigenvalue weighted by molar-refractivity contribution is 0.0529. The molecule has 152 valence electrons. The van der Waals surface area contributed by atoms with Crippen LogP contribution in [0.2, 0.25) is 0 Å². The normalized spacial score (nSPS) is 11.8. The number of carbonyl (C=O) groups is 1. The van der Waals surface area contributed by atoms with Crippen molar-refractivity contribution in [3.05, 3.63) is 35.4 Å². The third kappa shape index (κ3) is 10.5. The first-order chi connectivity index (χ1) is 12.9. The van der Waals surface area contributed by atoms with Crippen molar-refractivity contribution in [2.75, 3.05) is 26.7 Å². The van der Waals surface area contributed by atoms with E-state index in [-0.39, 0.29) is 0 Å². The van der Waals surface area contributed by atoms with Gasteiger partial charge in [-0.25, -0.2) is 4.79 Å². The standard InChI is InChI=1S/C20H34N4O3/c1-6-13-26-15-17-10-8-7-9-16(17)14-24-18(21-5)22-11-12-23-19(25)27-20(2,3)4/h7-10H,6,11-15H2,1-5H3,(H,23,25)(H2,21,22,24). The molecular weight excluding hydrogens is 344 g/mol. The molecule has 7 heteroatoms. The summed E-state index contributed by atoms with van der Waals surface area (Å²) in [5.74, 6) is 0.672. The molecule has 1 amide bonds. The van der Waals surface area contributed by atoms with Gasteiger partial charge in [-0.05, 0) is 38.3 Å². The van der Waals surface area contributed by atoms with Crippen molar-refractivity contribution in [1.82, 2.24) is 16.0 Å². The fourth-order valence-electron chi connectivity index (χ4n) is 2.26. The molecule has 0 bridgehead atoms. The van der Waals surface area contributed by atoms with Gasteiger partial charge in [0.05, 0.1) is 6.61 Å². The van der Waals surface area contributed by atoms with Gasteiger partial charge in [0.2, 0.25) is 0 Å². The summed E-state index contributed by atoms with van der Waals surface area (Å²) in [6.45, 7) is 10.6. The second-order valence-electron chi connectivity index (χ2n) is 7.10. The quantitative estimate of drug-likeness (QED) is 0.350. The highest BCUT2D eigenvalue weighted by molar-refractivity contribution is 5.79. The Morgan fingerprint density at radius 3 is 2.37 bits per heavy atom. The summed E-state index contributed by atoms with van der Waals surface area (Å²) in [4.78, 5) is 15.8. The fraction of sp³-hybridized carbons (Fsp3) is 0.600. The van der Waals surface area contributed by atoms with Gasteiger partial charge in [0, 0.05) is 33.3 Å². The second-order valence-corrected chi connectivity index (χ2v) is 7.10. The van der Waals surface area contributed by atoms with Crippen LogP contribution in [0.25, 0.3) is 0 Å². The van der Waals surface area contributed by atoms with E-state index < -0.39 is 11.7 Å². The average Bonchev–Trinajstić information content (AvgIpc) is 2.61. The summed E-state index contributed by atoms with van der Waals surface area (Å²) in [5, 5.41) is 9.16. The number of carbonyl (C=O) groups excluding carboxylic acids is 1. The zero-order chi connectivity index (χ0) is 20.1. The van der Waals surface area contributed by atoms with Crippen LogP contribution in [0.3, 0.4) is 0 Å². The molecule has 0 saturated heterocycles. The summed E-state index contributed by atoms with van der Waals surface area (Å²) >= 11 is 0. The van der Waals surface area contributed by atoms with Crippen LogP contribution in [0.5, 0.6) is 0 Å². The molecule has 7 nitrogen and oxygen atoms in total. The molecule has 27 heavy (non-hydrogen) atoms. The number of benzene rings is 1. The molecule has 0 saturated carbocycles. The van der Waals surface area contributed by atoms with Crippen LogP contribution in [-0.4, -0.2) is 44.4 Å². The maximum absolute atomic E-state index is 11.6. The summed E-state index contributed by atoms with van der Waals surface area (Å²) in [6, 6.07) is 8.19. The average molecular weight is 379 g/mol. The van der Waals surface area contributed by atoms with E-state index in [9.17, 15) is 4.79 Å². The topological polar surface area (TPSA) is 84.0 Å². The molecule has 0 fully saturated rings. The largest absolute Gasteiger partial charge is 0.444 e. The van der Waals surface area contributed by atoms with Gasteiger partial charge in [-0.1, -0.05) is 31.2 Å². The van der Waals surface area contributed by atoms with Crippen LogP contribution in [0, 0.1) is 0 Å². The molecule has 1 aromatic carbocycles. The van der Waals surface area contributed by atoms with Gasteiger partial charge in [-0.3, -0.25) is 4.99 Å². The Hall–Kier alpha value is -2.28. The molecule has 0 atom stereocenters. The van der Waals surface area contributed by atoms with Gasteiger partial charge in [0.1, 0.15) is 5.60 Å². The number of amides is 1. The van der Waals surface area contributed by atoms with E-state index >= 15 is 0 Å². The van der Waals surface area contributed by atoms with E-state index in [0.29, 0.717) is 32.2 Å². The Bertz CT molecular complexity index is 597. The Morgan fingerprint density at radius 1 is 1.07 bits per heavy atom. The first kappa shape index (κ1) is 22.8. The Balaban J connectivity index is 2.37. The molecule has 0 spiro atoms. The van der Waals surface area contributed by atoms with E-state index in [2.05, 4.69) is 40.0 Å². The molecule has 0 aliphatic heterocycles. The first-order valence-electron chi connectivity index (χ1n) is 9.41. The predicted molar refractivity (Wildman–Crippen MR) is 109 cm³/mol. The molecule has 1 rings (SSSR count). The molecule has 0 aliphatic rings. The van der Waals surface area contributed by atoms with E-state index in [1.54, 1.807) is 7.05 Å². The Morgan fingerprint density at radius 2 is 1.74 bits per heavy atom. The first-order valence-corrected chi connectivity index (χ1v) is 9.41. The highest BCUT2D eigenvalue weighted by Gasteiger charge is 2.15. The number of hydrogen-bond donors (Lipinski definition) is 3.